The lowest BCUT2D eigenvalue weighted by molar-refractivity contribution is 0.171. The summed E-state index contributed by atoms with van der Waals surface area (Å²) in [5, 5.41) is 3.43. The van der Waals surface area contributed by atoms with Crippen molar-refractivity contribution in [3.8, 4) is 17.2 Å². The molecule has 0 amide bonds. The summed E-state index contributed by atoms with van der Waals surface area (Å²) in [6.07, 6.45) is 0. The van der Waals surface area contributed by atoms with Crippen LogP contribution < -0.4 is 19.5 Å². The Hall–Kier alpha value is -3.14. The van der Waals surface area contributed by atoms with Gasteiger partial charge in [0.2, 0.25) is 0 Å². The first-order chi connectivity index (χ1) is 12.9. The molecule has 1 heterocycles. The van der Waals surface area contributed by atoms with Gasteiger partial charge in [-0.25, -0.2) is 0 Å². The molecule has 4 nitrogen and oxygen atoms in total. The molecule has 0 aromatic heterocycles. The van der Waals surface area contributed by atoms with Crippen LogP contribution in [0.4, 0.5) is 5.69 Å². The highest BCUT2D eigenvalue weighted by Crippen LogP contribution is 2.33. The van der Waals surface area contributed by atoms with Crippen LogP contribution in [0.1, 0.15) is 11.1 Å². The molecule has 0 fully saturated rings. The molecule has 0 spiro atoms. The SMILES string of the molecule is c1ccc(COc2ccccc2CNc2ccc3c(c2)OCCO3)cc1. The smallest absolute Gasteiger partial charge is 0.163 e. The molecule has 1 aliphatic heterocycles. The van der Waals surface area contributed by atoms with Crippen molar-refractivity contribution in [3.05, 3.63) is 83.9 Å². The maximum Gasteiger partial charge on any atom is 0.163 e. The summed E-state index contributed by atoms with van der Waals surface area (Å²) in [5.74, 6) is 2.48. The quantitative estimate of drug-likeness (QED) is 0.705. The van der Waals surface area contributed by atoms with E-state index in [1.165, 1.54) is 0 Å². The fourth-order valence-corrected chi connectivity index (χ4v) is 2.88. The van der Waals surface area contributed by atoms with Gasteiger partial charge in [0.25, 0.3) is 0 Å². The Morgan fingerprint density at radius 2 is 1.58 bits per heavy atom. The lowest BCUT2D eigenvalue weighted by atomic mass is 10.2. The van der Waals surface area contributed by atoms with Crippen molar-refractivity contribution in [2.24, 2.45) is 0 Å². The molecule has 3 aromatic carbocycles. The average Bonchev–Trinajstić information content (AvgIpc) is 2.72. The molecule has 0 saturated carbocycles. The summed E-state index contributed by atoms with van der Waals surface area (Å²) in [4.78, 5) is 0. The molecule has 1 aliphatic rings. The molecule has 0 bridgehead atoms. The van der Waals surface area contributed by atoms with Gasteiger partial charge in [-0.2, -0.15) is 0 Å². The lowest BCUT2D eigenvalue weighted by Gasteiger charge is -2.19. The van der Waals surface area contributed by atoms with Gasteiger partial charge in [-0.05, 0) is 23.8 Å². The fraction of sp³-hybridized carbons (Fsp3) is 0.182. The van der Waals surface area contributed by atoms with E-state index < -0.39 is 0 Å². The van der Waals surface area contributed by atoms with Crippen molar-refractivity contribution in [2.45, 2.75) is 13.2 Å². The van der Waals surface area contributed by atoms with Gasteiger partial charge >= 0.3 is 0 Å². The lowest BCUT2D eigenvalue weighted by Crippen LogP contribution is -2.15. The number of hydrogen-bond donors (Lipinski definition) is 1. The number of fused-ring (bicyclic) bond motifs is 1. The molecule has 132 valence electrons. The van der Waals surface area contributed by atoms with E-state index in [-0.39, 0.29) is 0 Å². The Morgan fingerprint density at radius 1 is 0.808 bits per heavy atom. The molecule has 3 aromatic rings. The van der Waals surface area contributed by atoms with Crippen molar-refractivity contribution < 1.29 is 14.2 Å². The average molecular weight is 347 g/mol. The number of para-hydroxylation sites is 1. The summed E-state index contributed by atoms with van der Waals surface area (Å²) in [7, 11) is 0. The topological polar surface area (TPSA) is 39.7 Å². The van der Waals surface area contributed by atoms with Crippen molar-refractivity contribution >= 4 is 5.69 Å². The van der Waals surface area contributed by atoms with Crippen molar-refractivity contribution in [1.82, 2.24) is 0 Å². The summed E-state index contributed by atoms with van der Waals surface area (Å²) in [5.41, 5.74) is 3.26. The van der Waals surface area contributed by atoms with Gasteiger partial charge in [0.05, 0.1) is 0 Å². The van der Waals surface area contributed by atoms with Crippen LogP contribution in [-0.2, 0) is 13.2 Å². The number of rotatable bonds is 6. The highest BCUT2D eigenvalue weighted by atomic mass is 16.6. The molecule has 0 saturated heterocycles. The molecule has 1 N–H and O–H groups in total. The largest absolute Gasteiger partial charge is 0.489 e. The van der Waals surface area contributed by atoms with E-state index in [0.29, 0.717) is 26.4 Å². The fourth-order valence-electron chi connectivity index (χ4n) is 2.88. The van der Waals surface area contributed by atoms with Crippen LogP contribution in [0.5, 0.6) is 17.2 Å². The number of hydrogen-bond acceptors (Lipinski definition) is 4. The van der Waals surface area contributed by atoms with E-state index >= 15 is 0 Å². The van der Waals surface area contributed by atoms with Gasteiger partial charge in [0, 0.05) is 23.9 Å². The number of ether oxygens (including phenoxy) is 3. The van der Waals surface area contributed by atoms with Gasteiger partial charge in [-0.3, -0.25) is 0 Å². The second-order valence-electron chi connectivity index (χ2n) is 6.09. The summed E-state index contributed by atoms with van der Waals surface area (Å²) < 4.78 is 17.2. The molecule has 0 radical (unpaired) electrons. The third-order valence-corrected chi connectivity index (χ3v) is 4.23. The maximum absolute atomic E-state index is 6.02. The molecule has 0 aliphatic carbocycles. The van der Waals surface area contributed by atoms with Crippen LogP contribution in [0, 0.1) is 0 Å². The van der Waals surface area contributed by atoms with Crippen molar-refractivity contribution in [3.63, 3.8) is 0 Å². The van der Waals surface area contributed by atoms with E-state index in [2.05, 4.69) is 23.5 Å². The van der Waals surface area contributed by atoms with Gasteiger partial charge in [0.15, 0.2) is 11.5 Å². The van der Waals surface area contributed by atoms with Crippen LogP contribution in [0.2, 0.25) is 0 Å². The number of anilines is 1. The van der Waals surface area contributed by atoms with Crippen LogP contribution in [0.15, 0.2) is 72.8 Å². The Balaban J connectivity index is 1.42. The number of benzene rings is 3. The Morgan fingerprint density at radius 3 is 2.46 bits per heavy atom. The first-order valence-corrected chi connectivity index (χ1v) is 8.77. The maximum atomic E-state index is 6.02. The normalized spacial score (nSPS) is 12.5. The minimum absolute atomic E-state index is 0.557. The molecule has 26 heavy (non-hydrogen) atoms. The van der Waals surface area contributed by atoms with Gasteiger partial charge < -0.3 is 19.5 Å². The minimum Gasteiger partial charge on any atom is -0.489 e. The van der Waals surface area contributed by atoms with Crippen LogP contribution in [0.25, 0.3) is 0 Å². The highest BCUT2D eigenvalue weighted by molar-refractivity contribution is 5.55. The molecule has 0 atom stereocenters. The van der Waals surface area contributed by atoms with E-state index in [1.807, 2.05) is 54.6 Å². The second-order valence-corrected chi connectivity index (χ2v) is 6.09. The van der Waals surface area contributed by atoms with E-state index in [1.54, 1.807) is 0 Å². The van der Waals surface area contributed by atoms with Crippen LogP contribution in [-0.4, -0.2) is 13.2 Å². The molecule has 4 rings (SSSR count). The summed E-state index contributed by atoms with van der Waals surface area (Å²) >= 11 is 0. The predicted octanol–water partition coefficient (Wildman–Crippen LogP) is 4.65. The minimum atomic E-state index is 0.557. The monoisotopic (exact) mass is 347 g/mol. The number of nitrogens with one attached hydrogen (secondary N) is 1. The zero-order valence-corrected chi connectivity index (χ0v) is 14.5. The third-order valence-electron chi connectivity index (χ3n) is 4.23. The zero-order valence-electron chi connectivity index (χ0n) is 14.5. The first-order valence-electron chi connectivity index (χ1n) is 8.77. The summed E-state index contributed by atoms with van der Waals surface area (Å²) in [6, 6.07) is 24.2. The van der Waals surface area contributed by atoms with Gasteiger partial charge in [0.1, 0.15) is 25.6 Å². The summed E-state index contributed by atoms with van der Waals surface area (Å²) in [6.45, 7) is 2.42. The molecule has 4 heteroatoms. The van der Waals surface area contributed by atoms with Crippen LogP contribution in [0.3, 0.4) is 0 Å². The standard InChI is InChI=1S/C22H21NO3/c1-2-6-17(7-3-1)16-26-20-9-5-4-8-18(20)15-23-19-10-11-21-22(14-19)25-13-12-24-21/h1-11,14,23H,12-13,15-16H2. The molecular formula is C22H21NO3. The Bertz CT molecular complexity index is 864. The first kappa shape index (κ1) is 16.3. The van der Waals surface area contributed by atoms with Crippen molar-refractivity contribution in [2.75, 3.05) is 18.5 Å². The van der Waals surface area contributed by atoms with Crippen LogP contribution >= 0.6 is 0 Å². The second kappa shape index (κ2) is 7.83. The third kappa shape index (κ3) is 3.91. The predicted molar refractivity (Wildman–Crippen MR) is 102 cm³/mol. The molecular weight excluding hydrogens is 326 g/mol. The highest BCUT2D eigenvalue weighted by Gasteiger charge is 2.12. The van der Waals surface area contributed by atoms with Gasteiger partial charge in [-0.15, -0.1) is 0 Å². The van der Waals surface area contributed by atoms with E-state index in [4.69, 9.17) is 14.2 Å². The van der Waals surface area contributed by atoms with Gasteiger partial charge in [-0.1, -0.05) is 48.5 Å². The molecule has 0 unspecified atom stereocenters. The Kier molecular flexibility index (Phi) is 4.92. The zero-order chi connectivity index (χ0) is 17.6. The Labute approximate surface area is 153 Å². The van der Waals surface area contributed by atoms with Crippen molar-refractivity contribution in [1.29, 1.82) is 0 Å². The van der Waals surface area contributed by atoms with E-state index in [9.17, 15) is 0 Å². The van der Waals surface area contributed by atoms with E-state index in [0.717, 1.165) is 34.1 Å².